The zero-order valence-electron chi connectivity index (χ0n) is 14.6. The molecular weight excluding hydrogens is 172 g/mol. The van der Waals surface area contributed by atoms with Gasteiger partial charge in [0.05, 0.1) is 0 Å². The number of likely N-dealkylation sites (N-methyl/N-ethyl adjacent to an activating group) is 1. The summed E-state index contributed by atoms with van der Waals surface area (Å²) < 4.78 is 52.0. The summed E-state index contributed by atoms with van der Waals surface area (Å²) in [6.07, 6.45) is 1.70. The standard InChI is InChI=1S/C12H16N2/c1-14(2)8-7-10-9-13-12-6-4-3-5-11(10)12/h3-6,9,13H,7-8H2,1-2H3/i1D3,2D3,8D. The van der Waals surface area contributed by atoms with E-state index in [1.54, 1.807) is 6.20 Å². The van der Waals surface area contributed by atoms with E-state index in [0.717, 1.165) is 16.5 Å². The van der Waals surface area contributed by atoms with Crippen molar-refractivity contribution in [3.8, 4) is 0 Å². The van der Waals surface area contributed by atoms with E-state index >= 15 is 0 Å². The molecule has 1 heterocycles. The first-order valence-electron chi connectivity index (χ1n) is 7.95. The van der Waals surface area contributed by atoms with Crippen LogP contribution in [-0.2, 0) is 6.42 Å². The molecule has 1 N–H and O–H groups in total. The molecule has 2 nitrogen and oxygen atoms in total. The molecule has 0 radical (unpaired) electrons. The smallest absolute Gasteiger partial charge is 0.0456 e. The van der Waals surface area contributed by atoms with E-state index in [1.165, 1.54) is 0 Å². The van der Waals surface area contributed by atoms with Crippen molar-refractivity contribution in [3.63, 3.8) is 0 Å². The Kier molecular flexibility index (Phi) is 1.12. The average molecular weight is 195 g/mol. The largest absolute Gasteiger partial charge is 0.361 e. The van der Waals surface area contributed by atoms with Gasteiger partial charge in [0, 0.05) is 33.2 Å². The van der Waals surface area contributed by atoms with Crippen LogP contribution >= 0.6 is 0 Å². The molecule has 2 rings (SSSR count). The van der Waals surface area contributed by atoms with Crippen LogP contribution in [-0.4, -0.2) is 30.4 Å². The van der Waals surface area contributed by atoms with Crippen LogP contribution in [0.4, 0.5) is 0 Å². The van der Waals surface area contributed by atoms with Crippen LogP contribution in [0.2, 0.25) is 0 Å². The first-order valence-corrected chi connectivity index (χ1v) is 4.37. The van der Waals surface area contributed by atoms with Crippen LogP contribution in [0, 0.1) is 0 Å². The number of para-hydroxylation sites is 1. The Bertz CT molecular complexity index is 600. The highest BCUT2D eigenvalue weighted by Gasteiger charge is 2.02. The molecule has 0 aliphatic rings. The van der Waals surface area contributed by atoms with Crippen LogP contribution in [0.5, 0.6) is 0 Å². The lowest BCUT2D eigenvalue weighted by molar-refractivity contribution is 0.414. The molecule has 2 heteroatoms. The van der Waals surface area contributed by atoms with Gasteiger partial charge in [-0.05, 0) is 32.0 Å². The number of nitrogens with zero attached hydrogens (tertiary/aromatic N) is 1. The van der Waals surface area contributed by atoms with Gasteiger partial charge < -0.3 is 9.88 Å². The van der Waals surface area contributed by atoms with Gasteiger partial charge in [-0.1, -0.05) is 18.2 Å². The van der Waals surface area contributed by atoms with Gasteiger partial charge in [-0.3, -0.25) is 0 Å². The highest BCUT2D eigenvalue weighted by Crippen LogP contribution is 2.17. The molecule has 1 atom stereocenters. The zero-order valence-corrected chi connectivity index (χ0v) is 7.62. The van der Waals surface area contributed by atoms with Gasteiger partial charge in [0.15, 0.2) is 0 Å². The SMILES string of the molecule is [2H]C(Cc1c[nH]c2ccccc12)N(C([2H])([2H])[2H])C([2H])([2H])[2H]. The lowest BCUT2D eigenvalue weighted by Crippen LogP contribution is -2.14. The summed E-state index contributed by atoms with van der Waals surface area (Å²) in [5.74, 6) is 0. The molecule has 1 unspecified atom stereocenters. The number of rotatable bonds is 3. The fourth-order valence-electron chi connectivity index (χ4n) is 1.49. The van der Waals surface area contributed by atoms with Crippen molar-refractivity contribution < 1.29 is 9.60 Å². The Hall–Kier alpha value is -1.28. The Labute approximate surface area is 94.4 Å². The molecule has 0 amide bonds. The molecule has 0 aliphatic carbocycles. The number of aromatic nitrogens is 1. The molecule has 14 heavy (non-hydrogen) atoms. The second-order valence-corrected chi connectivity index (χ2v) is 3.12. The van der Waals surface area contributed by atoms with Gasteiger partial charge in [-0.2, -0.15) is 0 Å². The minimum absolute atomic E-state index is 0.0147. The van der Waals surface area contributed by atoms with Gasteiger partial charge in [0.1, 0.15) is 0 Å². The highest BCUT2D eigenvalue weighted by molar-refractivity contribution is 5.83. The maximum absolute atomic E-state index is 7.98. The summed E-state index contributed by atoms with van der Waals surface area (Å²) in [6.45, 7) is -7.07. The molecule has 0 saturated carbocycles. The van der Waals surface area contributed by atoms with Gasteiger partial charge in [-0.25, -0.2) is 0 Å². The third-order valence-corrected chi connectivity index (χ3v) is 2.17. The second-order valence-electron chi connectivity index (χ2n) is 3.12. The fourth-order valence-corrected chi connectivity index (χ4v) is 1.49. The summed E-state index contributed by atoms with van der Waals surface area (Å²) in [5, 5.41) is 0.866. The predicted molar refractivity (Wildman–Crippen MR) is 60.6 cm³/mol. The van der Waals surface area contributed by atoms with Crippen molar-refractivity contribution in [1.29, 1.82) is 0 Å². The van der Waals surface area contributed by atoms with Crippen molar-refractivity contribution in [3.05, 3.63) is 36.0 Å². The number of benzene rings is 1. The topological polar surface area (TPSA) is 19.0 Å². The maximum Gasteiger partial charge on any atom is 0.0456 e. The first-order chi connectivity index (χ1) is 9.60. The minimum atomic E-state index is -2.84. The van der Waals surface area contributed by atoms with E-state index < -0.39 is 20.5 Å². The van der Waals surface area contributed by atoms with E-state index in [9.17, 15) is 0 Å². The fraction of sp³-hybridized carbons (Fsp3) is 0.333. The van der Waals surface area contributed by atoms with Crippen LogP contribution in [0.1, 0.15) is 15.2 Å². The predicted octanol–water partition coefficient (Wildman–Crippen LogP) is 2.27. The van der Waals surface area contributed by atoms with Gasteiger partial charge in [0.2, 0.25) is 0 Å². The highest BCUT2D eigenvalue weighted by atomic mass is 15.0. The Balaban J connectivity index is 2.29. The third kappa shape index (κ3) is 1.80. The molecular formula is C12H16N2. The van der Waals surface area contributed by atoms with Crippen LogP contribution in [0.15, 0.2) is 30.5 Å². The molecule has 0 bridgehead atoms. The molecule has 74 valence electrons. The summed E-state index contributed by atoms with van der Waals surface area (Å²) in [4.78, 5) is 3.32. The summed E-state index contributed by atoms with van der Waals surface area (Å²) in [7, 11) is 0. The lowest BCUT2D eigenvalue weighted by atomic mass is 10.1. The number of nitrogens with one attached hydrogen (secondary N) is 1. The number of hydrogen-bond donors (Lipinski definition) is 1. The Morgan fingerprint density at radius 2 is 2.29 bits per heavy atom. The van der Waals surface area contributed by atoms with Gasteiger partial charge in [0.25, 0.3) is 0 Å². The Morgan fingerprint density at radius 3 is 3.14 bits per heavy atom. The first kappa shape index (κ1) is 4.07. The van der Waals surface area contributed by atoms with E-state index in [1.807, 2.05) is 24.3 Å². The van der Waals surface area contributed by atoms with Gasteiger partial charge >= 0.3 is 0 Å². The van der Waals surface area contributed by atoms with Crippen molar-refractivity contribution >= 4 is 10.9 Å². The lowest BCUT2D eigenvalue weighted by Gasteiger charge is -2.07. The van der Waals surface area contributed by atoms with E-state index in [-0.39, 0.29) is 6.42 Å². The average Bonchev–Trinajstić information content (AvgIpc) is 2.69. The third-order valence-electron chi connectivity index (χ3n) is 2.17. The summed E-state index contributed by atoms with van der Waals surface area (Å²) in [5.41, 5.74) is 1.60. The van der Waals surface area contributed by atoms with Crippen molar-refractivity contribution in [1.82, 2.24) is 9.88 Å². The monoisotopic (exact) mass is 195 g/mol. The number of fused-ring (bicyclic) bond motifs is 1. The molecule has 2 aromatic rings. The number of aryl methyl sites for hydroxylation is 1. The van der Waals surface area contributed by atoms with E-state index in [0.29, 0.717) is 4.90 Å². The number of aromatic amines is 1. The normalized spacial score (nSPS) is 22.8. The molecule has 0 spiro atoms. The molecule has 0 fully saturated rings. The quantitative estimate of drug-likeness (QED) is 0.796. The number of hydrogen-bond acceptors (Lipinski definition) is 1. The Morgan fingerprint density at radius 1 is 1.43 bits per heavy atom. The van der Waals surface area contributed by atoms with Crippen LogP contribution < -0.4 is 0 Å². The van der Waals surface area contributed by atoms with Crippen LogP contribution in [0.3, 0.4) is 0 Å². The van der Waals surface area contributed by atoms with Gasteiger partial charge in [-0.15, -0.1) is 0 Å². The summed E-state index contributed by atoms with van der Waals surface area (Å²) >= 11 is 0. The molecule has 1 aromatic carbocycles. The van der Waals surface area contributed by atoms with Crippen LogP contribution in [0.25, 0.3) is 10.9 Å². The van der Waals surface area contributed by atoms with E-state index in [4.69, 9.17) is 9.60 Å². The maximum atomic E-state index is 7.98. The second kappa shape index (κ2) is 3.84. The van der Waals surface area contributed by atoms with Crippen molar-refractivity contribution in [2.24, 2.45) is 0 Å². The van der Waals surface area contributed by atoms with Crippen molar-refractivity contribution in [2.75, 3.05) is 20.5 Å². The van der Waals surface area contributed by atoms with E-state index in [2.05, 4.69) is 4.98 Å². The number of H-pyrrole nitrogens is 1. The molecule has 0 aliphatic heterocycles. The molecule has 0 saturated heterocycles. The van der Waals surface area contributed by atoms with Crippen molar-refractivity contribution in [2.45, 2.75) is 6.42 Å². The summed E-state index contributed by atoms with van der Waals surface area (Å²) in [6, 6.07) is 7.41. The zero-order chi connectivity index (χ0) is 15.8. The minimum Gasteiger partial charge on any atom is -0.361 e. The molecule has 1 aromatic heterocycles.